The molecule has 3 nitrogen and oxygen atoms in total. The number of para-hydroxylation sites is 1. The average Bonchev–Trinajstić information content (AvgIpc) is 2.41. The Kier molecular flexibility index (Phi) is 4.61. The summed E-state index contributed by atoms with van der Waals surface area (Å²) < 4.78 is 5.30. The molecule has 1 saturated carbocycles. The molecule has 0 aliphatic heterocycles. The van der Waals surface area contributed by atoms with Gasteiger partial charge in [0, 0.05) is 13.0 Å². The number of rotatable bonds is 3. The molecule has 0 bridgehead atoms. The molecule has 1 fully saturated rings. The van der Waals surface area contributed by atoms with Crippen LogP contribution in [0.25, 0.3) is 0 Å². The smallest absolute Gasteiger partial charge is 0.227 e. The number of anilines is 1. The lowest BCUT2D eigenvalue weighted by atomic mass is 9.87. The van der Waals surface area contributed by atoms with E-state index in [9.17, 15) is 4.79 Å². The van der Waals surface area contributed by atoms with Gasteiger partial charge in [-0.15, -0.1) is 0 Å². The van der Waals surface area contributed by atoms with Gasteiger partial charge in [-0.2, -0.15) is 0 Å². The Hall–Kier alpha value is -1.06. The maximum Gasteiger partial charge on any atom is 0.227 e. The monoisotopic (exact) mass is 267 g/mol. The zero-order valence-electron chi connectivity index (χ0n) is 10.5. The summed E-state index contributed by atoms with van der Waals surface area (Å²) in [6.07, 6.45) is 3.99. The molecule has 1 amide bonds. The molecule has 0 aromatic heterocycles. The van der Waals surface area contributed by atoms with Crippen molar-refractivity contribution in [3.8, 4) is 0 Å². The van der Waals surface area contributed by atoms with Gasteiger partial charge in [0.25, 0.3) is 0 Å². The van der Waals surface area contributed by atoms with Gasteiger partial charge in [-0.05, 0) is 37.8 Å². The molecule has 98 valence electrons. The first kappa shape index (κ1) is 13.4. The number of amides is 1. The molecule has 0 spiro atoms. The lowest BCUT2D eigenvalue weighted by Gasteiger charge is -2.26. The van der Waals surface area contributed by atoms with E-state index in [4.69, 9.17) is 16.3 Å². The van der Waals surface area contributed by atoms with Crippen LogP contribution in [-0.4, -0.2) is 19.1 Å². The molecule has 1 aliphatic carbocycles. The third-order valence-corrected chi connectivity index (χ3v) is 3.84. The molecule has 0 radical (unpaired) electrons. The van der Waals surface area contributed by atoms with Crippen molar-refractivity contribution < 1.29 is 9.53 Å². The quantitative estimate of drug-likeness (QED) is 0.910. The number of halogens is 1. The third kappa shape index (κ3) is 3.24. The van der Waals surface area contributed by atoms with E-state index in [1.54, 1.807) is 13.2 Å². The summed E-state index contributed by atoms with van der Waals surface area (Å²) in [7, 11) is 1.73. The lowest BCUT2D eigenvalue weighted by Crippen LogP contribution is -2.29. The third-order valence-electron chi connectivity index (χ3n) is 3.51. The summed E-state index contributed by atoms with van der Waals surface area (Å²) in [5.41, 5.74) is 0.693. The maximum atomic E-state index is 12.1. The second-order valence-electron chi connectivity index (χ2n) is 4.68. The van der Waals surface area contributed by atoms with Crippen molar-refractivity contribution in [2.75, 3.05) is 12.4 Å². The highest BCUT2D eigenvalue weighted by atomic mass is 35.5. The van der Waals surface area contributed by atoms with Crippen molar-refractivity contribution in [3.05, 3.63) is 29.3 Å². The van der Waals surface area contributed by atoms with Crippen LogP contribution in [0.5, 0.6) is 0 Å². The van der Waals surface area contributed by atoms with E-state index in [-0.39, 0.29) is 11.8 Å². The molecular weight excluding hydrogens is 250 g/mol. The Bertz CT molecular complexity index is 414. The summed E-state index contributed by atoms with van der Waals surface area (Å²) >= 11 is 6.02. The minimum Gasteiger partial charge on any atom is -0.381 e. The minimum atomic E-state index is 0.0673. The van der Waals surface area contributed by atoms with Gasteiger partial charge >= 0.3 is 0 Å². The molecular formula is C14H18ClNO2. The Balaban J connectivity index is 1.91. The van der Waals surface area contributed by atoms with E-state index in [0.29, 0.717) is 16.8 Å². The van der Waals surface area contributed by atoms with Crippen LogP contribution in [0.1, 0.15) is 25.7 Å². The Morgan fingerprint density at radius 3 is 2.56 bits per heavy atom. The minimum absolute atomic E-state index is 0.0673. The number of carbonyl (C=O) groups is 1. The van der Waals surface area contributed by atoms with Crippen molar-refractivity contribution in [2.24, 2.45) is 5.92 Å². The fourth-order valence-corrected chi connectivity index (χ4v) is 2.54. The number of hydrogen-bond donors (Lipinski definition) is 1. The highest BCUT2D eigenvalue weighted by molar-refractivity contribution is 6.33. The van der Waals surface area contributed by atoms with E-state index in [0.717, 1.165) is 25.7 Å². The van der Waals surface area contributed by atoms with Crippen LogP contribution in [0.3, 0.4) is 0 Å². The van der Waals surface area contributed by atoms with Gasteiger partial charge in [-0.25, -0.2) is 0 Å². The van der Waals surface area contributed by atoms with Gasteiger partial charge in [-0.3, -0.25) is 4.79 Å². The molecule has 0 unspecified atom stereocenters. The lowest BCUT2D eigenvalue weighted by molar-refractivity contribution is -0.121. The SMILES string of the molecule is COC1CCC(C(=O)Nc2ccccc2Cl)CC1. The summed E-state index contributed by atoms with van der Waals surface area (Å²) in [5.74, 6) is 0.144. The summed E-state index contributed by atoms with van der Waals surface area (Å²) in [4.78, 5) is 12.1. The average molecular weight is 268 g/mol. The molecule has 0 heterocycles. The molecule has 0 atom stereocenters. The van der Waals surface area contributed by atoms with Crippen LogP contribution in [-0.2, 0) is 9.53 Å². The molecule has 18 heavy (non-hydrogen) atoms. The van der Waals surface area contributed by atoms with Crippen molar-refractivity contribution in [2.45, 2.75) is 31.8 Å². The second-order valence-corrected chi connectivity index (χ2v) is 5.09. The van der Waals surface area contributed by atoms with Crippen LogP contribution in [0.15, 0.2) is 24.3 Å². The van der Waals surface area contributed by atoms with Gasteiger partial charge in [0.15, 0.2) is 0 Å². The first-order chi connectivity index (χ1) is 8.70. The van der Waals surface area contributed by atoms with Gasteiger partial charge in [0.1, 0.15) is 0 Å². The largest absolute Gasteiger partial charge is 0.381 e. The standard InChI is InChI=1S/C14H18ClNO2/c1-18-11-8-6-10(7-9-11)14(17)16-13-5-3-2-4-12(13)15/h2-5,10-11H,6-9H2,1H3,(H,16,17). The van der Waals surface area contributed by atoms with Gasteiger partial charge < -0.3 is 10.1 Å². The highest BCUT2D eigenvalue weighted by Crippen LogP contribution is 2.28. The van der Waals surface area contributed by atoms with Crippen molar-refractivity contribution in [3.63, 3.8) is 0 Å². The fraction of sp³-hybridized carbons (Fsp3) is 0.500. The van der Waals surface area contributed by atoms with Gasteiger partial charge in [0.2, 0.25) is 5.91 Å². The van der Waals surface area contributed by atoms with E-state index >= 15 is 0 Å². The molecule has 1 aromatic carbocycles. The summed E-state index contributed by atoms with van der Waals surface area (Å²) in [6, 6.07) is 7.31. The Morgan fingerprint density at radius 1 is 1.28 bits per heavy atom. The topological polar surface area (TPSA) is 38.3 Å². The molecule has 4 heteroatoms. The second kappa shape index (κ2) is 6.21. The van der Waals surface area contributed by atoms with Crippen LogP contribution in [0.2, 0.25) is 5.02 Å². The van der Waals surface area contributed by atoms with Crippen molar-refractivity contribution in [1.82, 2.24) is 0 Å². The maximum absolute atomic E-state index is 12.1. The van der Waals surface area contributed by atoms with E-state index < -0.39 is 0 Å². The number of hydrogen-bond acceptors (Lipinski definition) is 2. The number of nitrogens with one attached hydrogen (secondary N) is 1. The van der Waals surface area contributed by atoms with Gasteiger partial charge in [0.05, 0.1) is 16.8 Å². The molecule has 1 aliphatic rings. The van der Waals surface area contributed by atoms with E-state index in [1.165, 1.54) is 0 Å². The Labute approximate surface area is 112 Å². The van der Waals surface area contributed by atoms with Crippen LogP contribution in [0.4, 0.5) is 5.69 Å². The van der Waals surface area contributed by atoms with Gasteiger partial charge in [-0.1, -0.05) is 23.7 Å². The summed E-state index contributed by atoms with van der Waals surface area (Å²) in [5, 5.41) is 3.48. The first-order valence-corrected chi connectivity index (χ1v) is 6.66. The number of benzene rings is 1. The predicted octanol–water partition coefficient (Wildman–Crippen LogP) is 3.48. The normalized spacial score (nSPS) is 23.7. The first-order valence-electron chi connectivity index (χ1n) is 6.29. The van der Waals surface area contributed by atoms with Crippen molar-refractivity contribution >= 4 is 23.2 Å². The van der Waals surface area contributed by atoms with Crippen molar-refractivity contribution in [1.29, 1.82) is 0 Å². The molecule has 1 aromatic rings. The number of methoxy groups -OCH3 is 1. The zero-order chi connectivity index (χ0) is 13.0. The van der Waals surface area contributed by atoms with Crippen LogP contribution in [0, 0.1) is 5.92 Å². The van der Waals surface area contributed by atoms with E-state index in [2.05, 4.69) is 5.32 Å². The van der Waals surface area contributed by atoms with Crippen LogP contribution >= 0.6 is 11.6 Å². The fourth-order valence-electron chi connectivity index (χ4n) is 2.36. The van der Waals surface area contributed by atoms with E-state index in [1.807, 2.05) is 18.2 Å². The molecule has 0 saturated heterocycles. The number of ether oxygens (including phenoxy) is 1. The molecule has 2 rings (SSSR count). The number of carbonyl (C=O) groups excluding carboxylic acids is 1. The van der Waals surface area contributed by atoms with Crippen LogP contribution < -0.4 is 5.32 Å². The molecule has 1 N–H and O–H groups in total. The highest BCUT2D eigenvalue weighted by Gasteiger charge is 2.26. The Morgan fingerprint density at radius 2 is 1.94 bits per heavy atom. The zero-order valence-corrected chi connectivity index (χ0v) is 11.2. The summed E-state index contributed by atoms with van der Waals surface area (Å²) in [6.45, 7) is 0. The predicted molar refractivity (Wildman–Crippen MR) is 72.8 cm³/mol.